The van der Waals surface area contributed by atoms with Crippen LogP contribution in [0.1, 0.15) is 72.6 Å². The van der Waals surface area contributed by atoms with Gasteiger partial charge in [0, 0.05) is 31.1 Å². The molecule has 6 atom stereocenters. The van der Waals surface area contributed by atoms with Crippen LogP contribution >= 0.6 is 0 Å². The molecule has 3 saturated carbocycles. The zero-order valence-electron chi connectivity index (χ0n) is 15.0. The highest BCUT2D eigenvalue weighted by Crippen LogP contribution is 2.66. The maximum absolute atomic E-state index is 12.8. The molecule has 0 saturated heterocycles. The molecule has 0 N–H and O–H groups in total. The van der Waals surface area contributed by atoms with Crippen molar-refractivity contribution in [2.75, 3.05) is 0 Å². The summed E-state index contributed by atoms with van der Waals surface area (Å²) >= 11 is 0. The molecule has 0 heterocycles. The summed E-state index contributed by atoms with van der Waals surface area (Å²) in [6.45, 7) is 8.34. The molecule has 0 aliphatic heterocycles. The van der Waals surface area contributed by atoms with Crippen LogP contribution < -0.4 is 0 Å². The van der Waals surface area contributed by atoms with E-state index in [4.69, 9.17) is 0 Å². The lowest BCUT2D eigenvalue weighted by atomic mass is 9.43. The third-order valence-electron chi connectivity index (χ3n) is 7.73. The Hall–Kier alpha value is -0.990. The summed E-state index contributed by atoms with van der Waals surface area (Å²) in [5.74, 6) is 2.42. The van der Waals surface area contributed by atoms with E-state index in [1.165, 1.54) is 0 Å². The minimum absolute atomic E-state index is 0.0297. The predicted molar refractivity (Wildman–Crippen MR) is 88.9 cm³/mol. The van der Waals surface area contributed by atoms with Gasteiger partial charge < -0.3 is 4.79 Å². The molecule has 3 nitrogen and oxygen atoms in total. The SMILES string of the molecule is CC(=O)CC[C@@H]1[C@@H](C)CC[C@@H]2CC(=O)[C@@]3(C)CC(=O)C[C@H]3[C@]21C. The van der Waals surface area contributed by atoms with E-state index in [0.717, 1.165) is 19.3 Å². The molecule has 0 aromatic carbocycles. The molecular weight excluding hydrogens is 288 g/mol. The van der Waals surface area contributed by atoms with E-state index in [0.29, 0.717) is 49.2 Å². The maximum Gasteiger partial charge on any atom is 0.139 e. The van der Waals surface area contributed by atoms with Crippen molar-refractivity contribution >= 4 is 17.3 Å². The highest BCUT2D eigenvalue weighted by molar-refractivity contribution is 5.95. The van der Waals surface area contributed by atoms with Gasteiger partial charge in [-0.3, -0.25) is 9.59 Å². The van der Waals surface area contributed by atoms with Gasteiger partial charge in [0.15, 0.2) is 0 Å². The first kappa shape index (κ1) is 16.9. The van der Waals surface area contributed by atoms with Gasteiger partial charge in [-0.05, 0) is 48.9 Å². The van der Waals surface area contributed by atoms with Crippen LogP contribution in [0.25, 0.3) is 0 Å². The molecule has 3 rings (SSSR count). The fraction of sp³-hybridized carbons (Fsp3) is 0.850. The summed E-state index contributed by atoms with van der Waals surface area (Å²) in [4.78, 5) is 36.6. The van der Waals surface area contributed by atoms with Crippen molar-refractivity contribution in [2.45, 2.75) is 72.6 Å². The molecule has 0 bridgehead atoms. The molecule has 3 aliphatic rings. The molecule has 0 unspecified atom stereocenters. The first-order valence-electron chi connectivity index (χ1n) is 9.24. The fourth-order valence-corrected chi connectivity index (χ4v) is 6.43. The summed E-state index contributed by atoms with van der Waals surface area (Å²) in [6, 6.07) is 0. The van der Waals surface area contributed by atoms with Gasteiger partial charge in [0.05, 0.1) is 0 Å². The third kappa shape index (κ3) is 2.42. The number of fused-ring (bicyclic) bond motifs is 3. The van der Waals surface area contributed by atoms with Crippen molar-refractivity contribution in [1.82, 2.24) is 0 Å². The van der Waals surface area contributed by atoms with Crippen LogP contribution in [-0.2, 0) is 14.4 Å². The Kier molecular flexibility index (Phi) is 4.05. The van der Waals surface area contributed by atoms with E-state index < -0.39 is 5.41 Å². The largest absolute Gasteiger partial charge is 0.300 e. The number of Topliss-reactive ketones (excluding diaryl/α,β-unsaturated/α-hetero) is 3. The van der Waals surface area contributed by atoms with Crippen LogP contribution in [-0.4, -0.2) is 17.3 Å². The molecule has 0 aromatic rings. The first-order valence-corrected chi connectivity index (χ1v) is 9.24. The molecule has 0 spiro atoms. The Morgan fingerprint density at radius 3 is 2.52 bits per heavy atom. The Balaban J connectivity index is 2.00. The van der Waals surface area contributed by atoms with Crippen molar-refractivity contribution in [3.63, 3.8) is 0 Å². The van der Waals surface area contributed by atoms with Gasteiger partial charge in [0.2, 0.25) is 0 Å². The fourth-order valence-electron chi connectivity index (χ4n) is 6.43. The molecule has 3 heteroatoms. The average molecular weight is 318 g/mol. The second kappa shape index (κ2) is 5.53. The van der Waals surface area contributed by atoms with Crippen LogP contribution in [0.4, 0.5) is 0 Å². The van der Waals surface area contributed by atoms with Crippen LogP contribution in [0.5, 0.6) is 0 Å². The summed E-state index contributed by atoms with van der Waals surface area (Å²) in [6.07, 6.45) is 5.43. The van der Waals surface area contributed by atoms with E-state index in [9.17, 15) is 14.4 Å². The van der Waals surface area contributed by atoms with E-state index in [1.54, 1.807) is 6.92 Å². The topological polar surface area (TPSA) is 51.2 Å². The first-order chi connectivity index (χ1) is 10.7. The van der Waals surface area contributed by atoms with Crippen molar-refractivity contribution < 1.29 is 14.4 Å². The van der Waals surface area contributed by atoms with Gasteiger partial charge in [0.1, 0.15) is 17.3 Å². The van der Waals surface area contributed by atoms with Crippen molar-refractivity contribution in [3.8, 4) is 0 Å². The average Bonchev–Trinajstić information content (AvgIpc) is 2.78. The smallest absolute Gasteiger partial charge is 0.139 e. The van der Waals surface area contributed by atoms with Gasteiger partial charge in [-0.15, -0.1) is 0 Å². The van der Waals surface area contributed by atoms with Gasteiger partial charge >= 0.3 is 0 Å². The van der Waals surface area contributed by atoms with E-state index in [1.807, 2.05) is 6.92 Å². The molecule has 23 heavy (non-hydrogen) atoms. The van der Waals surface area contributed by atoms with Gasteiger partial charge in [-0.1, -0.05) is 27.2 Å². The minimum atomic E-state index is -0.451. The molecule has 0 radical (unpaired) electrons. The number of ketones is 3. The predicted octanol–water partition coefficient (Wildman–Crippen LogP) is 3.98. The quantitative estimate of drug-likeness (QED) is 0.791. The van der Waals surface area contributed by atoms with E-state index in [-0.39, 0.29) is 22.9 Å². The highest BCUT2D eigenvalue weighted by Gasteiger charge is 2.64. The third-order valence-corrected chi connectivity index (χ3v) is 7.73. The van der Waals surface area contributed by atoms with Crippen LogP contribution in [0.3, 0.4) is 0 Å². The lowest BCUT2D eigenvalue weighted by Gasteiger charge is -2.60. The van der Waals surface area contributed by atoms with E-state index >= 15 is 0 Å². The van der Waals surface area contributed by atoms with Gasteiger partial charge in [-0.2, -0.15) is 0 Å². The molecule has 3 fully saturated rings. The maximum atomic E-state index is 12.8. The lowest BCUT2D eigenvalue weighted by molar-refractivity contribution is -0.160. The van der Waals surface area contributed by atoms with Crippen molar-refractivity contribution in [1.29, 1.82) is 0 Å². The zero-order valence-corrected chi connectivity index (χ0v) is 15.0. The highest BCUT2D eigenvalue weighted by atomic mass is 16.1. The van der Waals surface area contributed by atoms with Gasteiger partial charge in [0.25, 0.3) is 0 Å². The molecule has 0 aromatic heterocycles. The number of hydrogen-bond acceptors (Lipinski definition) is 3. The molecule has 3 aliphatic carbocycles. The molecular formula is C20H30O3. The lowest BCUT2D eigenvalue weighted by Crippen LogP contribution is -2.57. The standard InChI is InChI=1S/C20H30O3/c1-12-5-7-14-9-18(23)19(3)11-15(22)10-17(19)20(14,4)16(12)8-6-13(2)21/h12,14,16-17H,5-11H2,1-4H3/t12-,14+,16+,17+,19-,20+/m0/s1. The van der Waals surface area contributed by atoms with Crippen molar-refractivity contribution in [2.24, 2.45) is 34.5 Å². The number of rotatable bonds is 3. The number of carbonyl (C=O) groups is 3. The summed E-state index contributed by atoms with van der Waals surface area (Å²) in [7, 11) is 0. The second-order valence-corrected chi connectivity index (χ2v) is 8.98. The normalized spacial score (nSPS) is 46.4. The summed E-state index contributed by atoms with van der Waals surface area (Å²) in [5.41, 5.74) is -0.421. The Bertz CT molecular complexity index is 551. The Labute approximate surface area is 139 Å². The Morgan fingerprint density at radius 1 is 1.17 bits per heavy atom. The summed E-state index contributed by atoms with van der Waals surface area (Å²) in [5, 5.41) is 0. The van der Waals surface area contributed by atoms with Crippen LogP contribution in [0.15, 0.2) is 0 Å². The second-order valence-electron chi connectivity index (χ2n) is 8.98. The summed E-state index contributed by atoms with van der Waals surface area (Å²) < 4.78 is 0. The van der Waals surface area contributed by atoms with Crippen LogP contribution in [0.2, 0.25) is 0 Å². The molecule has 128 valence electrons. The van der Waals surface area contributed by atoms with Gasteiger partial charge in [-0.25, -0.2) is 0 Å². The zero-order chi connectivity index (χ0) is 17.0. The monoisotopic (exact) mass is 318 g/mol. The molecule has 0 amide bonds. The Morgan fingerprint density at radius 2 is 1.87 bits per heavy atom. The minimum Gasteiger partial charge on any atom is -0.300 e. The van der Waals surface area contributed by atoms with E-state index in [2.05, 4.69) is 13.8 Å². The van der Waals surface area contributed by atoms with Crippen molar-refractivity contribution in [3.05, 3.63) is 0 Å². The number of hydrogen-bond donors (Lipinski definition) is 0. The number of carbonyl (C=O) groups excluding carboxylic acids is 3. The van der Waals surface area contributed by atoms with Crippen LogP contribution in [0, 0.1) is 34.5 Å².